The van der Waals surface area contributed by atoms with Crippen LogP contribution >= 0.6 is 23.2 Å². The fraction of sp³-hybridized carbons (Fsp3) is 0.571. The van der Waals surface area contributed by atoms with Gasteiger partial charge >= 0.3 is 0 Å². The normalized spacial score (nSPS) is 23.3. The molecule has 1 atom stereocenters. The second-order valence-corrected chi connectivity index (χ2v) is 11.4. The summed E-state index contributed by atoms with van der Waals surface area (Å²) in [4.78, 5) is 28.5. The second-order valence-electron chi connectivity index (χ2n) is 10.6. The minimum Gasteiger partial charge on any atom is -0.496 e. The molecule has 11 heteroatoms. The number of carbonyl (C=O) groups is 1. The number of hydrogen-bond acceptors (Lipinski definition) is 7. The summed E-state index contributed by atoms with van der Waals surface area (Å²) in [5.41, 5.74) is 0.993. The van der Waals surface area contributed by atoms with Gasteiger partial charge in [-0.05, 0) is 50.7 Å². The highest BCUT2D eigenvalue weighted by atomic mass is 35.5. The third kappa shape index (κ3) is 5.46. The van der Waals surface area contributed by atoms with Gasteiger partial charge in [-0.3, -0.25) is 14.5 Å². The Hall–Kier alpha value is -2.46. The van der Waals surface area contributed by atoms with Gasteiger partial charge in [-0.1, -0.05) is 23.2 Å². The summed E-state index contributed by atoms with van der Waals surface area (Å²) in [6.07, 6.45) is 4.45. The molecule has 1 aliphatic carbocycles. The highest BCUT2D eigenvalue weighted by Crippen LogP contribution is 2.47. The van der Waals surface area contributed by atoms with E-state index < -0.39 is 5.91 Å². The molecule has 0 radical (unpaired) electrons. The molecule has 1 N–H and O–H groups in total. The first-order valence-electron chi connectivity index (χ1n) is 13.3. The van der Waals surface area contributed by atoms with Crippen molar-refractivity contribution in [2.75, 3.05) is 33.9 Å². The fourth-order valence-electron chi connectivity index (χ4n) is 5.78. The molecule has 0 unspecified atom stereocenters. The van der Waals surface area contributed by atoms with Crippen LogP contribution in [0.5, 0.6) is 17.2 Å². The molecule has 1 saturated carbocycles. The number of hydrogen-bond donors (Lipinski definition) is 1. The molecule has 5 rings (SSSR count). The van der Waals surface area contributed by atoms with E-state index in [2.05, 4.69) is 10.2 Å². The lowest BCUT2D eigenvalue weighted by Gasteiger charge is -2.46. The Kier molecular flexibility index (Phi) is 8.33. The van der Waals surface area contributed by atoms with Crippen LogP contribution in [0, 0.1) is 12.8 Å². The van der Waals surface area contributed by atoms with Crippen molar-refractivity contribution >= 4 is 29.1 Å². The molecule has 0 bridgehead atoms. The zero-order valence-electron chi connectivity index (χ0n) is 22.7. The highest BCUT2D eigenvalue weighted by Gasteiger charge is 2.39. The maximum atomic E-state index is 13.2. The van der Waals surface area contributed by atoms with E-state index in [0.29, 0.717) is 47.5 Å². The van der Waals surface area contributed by atoms with E-state index in [9.17, 15) is 9.59 Å². The molecule has 3 heterocycles. The lowest BCUT2D eigenvalue weighted by atomic mass is 9.81. The van der Waals surface area contributed by atoms with E-state index in [0.717, 1.165) is 44.5 Å². The van der Waals surface area contributed by atoms with E-state index in [1.165, 1.54) is 17.7 Å². The Balaban J connectivity index is 1.27. The van der Waals surface area contributed by atoms with Crippen LogP contribution in [0.4, 0.5) is 0 Å². The molecule has 1 amide bonds. The van der Waals surface area contributed by atoms with Crippen LogP contribution in [-0.2, 0) is 18.3 Å². The number of carbonyl (C=O) groups excluding carboxylic acids is 1. The van der Waals surface area contributed by atoms with E-state index in [1.54, 1.807) is 20.2 Å². The van der Waals surface area contributed by atoms with Gasteiger partial charge in [0.15, 0.2) is 11.5 Å². The summed E-state index contributed by atoms with van der Waals surface area (Å²) in [6.45, 7) is 4.17. The quantitative estimate of drug-likeness (QED) is 0.530. The maximum Gasteiger partial charge on any atom is 0.259 e. The van der Waals surface area contributed by atoms with E-state index in [-0.39, 0.29) is 33.8 Å². The third-order valence-corrected chi connectivity index (χ3v) is 9.06. The number of ether oxygens (including phenoxy) is 4. The minimum absolute atomic E-state index is 0.0363. The Morgan fingerprint density at radius 3 is 2.51 bits per heavy atom. The van der Waals surface area contributed by atoms with Crippen molar-refractivity contribution in [3.63, 3.8) is 0 Å². The third-order valence-electron chi connectivity index (χ3n) is 8.40. The molecule has 0 spiro atoms. The van der Waals surface area contributed by atoms with Crippen molar-refractivity contribution in [3.05, 3.63) is 49.4 Å². The highest BCUT2D eigenvalue weighted by molar-refractivity contribution is 6.38. The van der Waals surface area contributed by atoms with Gasteiger partial charge in [-0.2, -0.15) is 0 Å². The van der Waals surface area contributed by atoms with Gasteiger partial charge in [-0.15, -0.1) is 0 Å². The van der Waals surface area contributed by atoms with Gasteiger partial charge in [0.25, 0.3) is 11.5 Å². The number of amides is 1. The van der Waals surface area contributed by atoms with Crippen LogP contribution in [0.1, 0.15) is 47.3 Å². The first-order chi connectivity index (χ1) is 18.7. The summed E-state index contributed by atoms with van der Waals surface area (Å²) in [6, 6.07) is 3.81. The molecule has 3 aliphatic rings. The standard InChI is InChI=1S/C28H35Cl2N3O6/c1-15-9-22(37-4)20(28(35)32(15)2)11-31-27(34)19-10-21(29)25-26(24(19)30)39-23(14-38-25)16-5-7-17(8-6-16)33-12-18(13-33)36-3/h9-10,16-18,23H,5-8,11-14H2,1-4H3,(H,31,34)/t16-,17+,23-/m1/s1. The van der Waals surface area contributed by atoms with Gasteiger partial charge in [0.2, 0.25) is 0 Å². The van der Waals surface area contributed by atoms with Crippen LogP contribution in [0.15, 0.2) is 16.9 Å². The van der Waals surface area contributed by atoms with Crippen LogP contribution in [0.25, 0.3) is 0 Å². The number of rotatable bonds is 7. The van der Waals surface area contributed by atoms with Crippen molar-refractivity contribution in [2.45, 2.75) is 57.4 Å². The summed E-state index contributed by atoms with van der Waals surface area (Å²) >= 11 is 13.2. The molecule has 1 aromatic heterocycles. The molecule has 1 aromatic carbocycles. The van der Waals surface area contributed by atoms with Crippen molar-refractivity contribution in [1.29, 1.82) is 0 Å². The van der Waals surface area contributed by atoms with Crippen molar-refractivity contribution < 1.29 is 23.7 Å². The number of pyridine rings is 1. The average molecular weight is 581 g/mol. The van der Waals surface area contributed by atoms with Crippen molar-refractivity contribution in [3.8, 4) is 17.2 Å². The predicted molar refractivity (Wildman–Crippen MR) is 149 cm³/mol. The number of methoxy groups -OCH3 is 2. The van der Waals surface area contributed by atoms with Gasteiger partial charge in [0.05, 0.1) is 40.9 Å². The second kappa shape index (κ2) is 11.6. The van der Waals surface area contributed by atoms with Crippen molar-refractivity contribution in [1.82, 2.24) is 14.8 Å². The molecular formula is C28H35Cl2N3O6. The van der Waals surface area contributed by atoms with Crippen LogP contribution in [-0.4, -0.2) is 67.5 Å². The smallest absolute Gasteiger partial charge is 0.259 e. The van der Waals surface area contributed by atoms with Gasteiger partial charge in [0, 0.05) is 39.0 Å². The van der Waals surface area contributed by atoms with Gasteiger partial charge in [0.1, 0.15) is 18.5 Å². The summed E-state index contributed by atoms with van der Waals surface area (Å²) in [7, 11) is 4.93. The summed E-state index contributed by atoms with van der Waals surface area (Å²) in [5, 5.41) is 3.16. The van der Waals surface area contributed by atoms with E-state index in [1.807, 2.05) is 6.92 Å². The minimum atomic E-state index is -0.482. The van der Waals surface area contributed by atoms with Crippen LogP contribution in [0.3, 0.4) is 0 Å². The summed E-state index contributed by atoms with van der Waals surface area (Å²) in [5.74, 6) is 0.897. The first-order valence-corrected chi connectivity index (χ1v) is 14.1. The predicted octanol–water partition coefficient (Wildman–Crippen LogP) is 3.97. The van der Waals surface area contributed by atoms with Crippen LogP contribution in [0.2, 0.25) is 10.0 Å². The number of nitrogens with one attached hydrogen (secondary N) is 1. The topological polar surface area (TPSA) is 91.3 Å². The molecular weight excluding hydrogens is 545 g/mol. The lowest BCUT2D eigenvalue weighted by Crippen LogP contribution is -2.57. The molecule has 212 valence electrons. The molecule has 1 saturated heterocycles. The Bertz CT molecular complexity index is 1300. The van der Waals surface area contributed by atoms with Crippen LogP contribution < -0.4 is 25.1 Å². The Morgan fingerprint density at radius 1 is 1.13 bits per heavy atom. The molecule has 2 aliphatic heterocycles. The van der Waals surface area contributed by atoms with Gasteiger partial charge in [-0.25, -0.2) is 0 Å². The molecule has 2 aromatic rings. The molecule has 9 nitrogen and oxygen atoms in total. The number of likely N-dealkylation sites (tertiary alicyclic amines) is 1. The number of nitrogens with zero attached hydrogens (tertiary/aromatic N) is 2. The number of halogens is 2. The largest absolute Gasteiger partial charge is 0.496 e. The first kappa shape index (κ1) is 28.1. The van der Waals surface area contributed by atoms with Gasteiger partial charge < -0.3 is 28.8 Å². The zero-order valence-corrected chi connectivity index (χ0v) is 24.2. The molecule has 39 heavy (non-hydrogen) atoms. The molecule has 2 fully saturated rings. The number of fused-ring (bicyclic) bond motifs is 1. The fourth-order valence-corrected chi connectivity index (χ4v) is 6.30. The zero-order chi connectivity index (χ0) is 27.8. The monoisotopic (exact) mass is 579 g/mol. The Labute approximate surface area is 238 Å². The number of aromatic nitrogens is 1. The lowest BCUT2D eigenvalue weighted by molar-refractivity contribution is -0.0649. The summed E-state index contributed by atoms with van der Waals surface area (Å²) < 4.78 is 24.7. The number of aryl methyl sites for hydroxylation is 1. The van der Waals surface area contributed by atoms with E-state index >= 15 is 0 Å². The average Bonchev–Trinajstić information content (AvgIpc) is 2.92. The Morgan fingerprint density at radius 2 is 1.85 bits per heavy atom. The SMILES string of the molecule is COc1cc(C)n(C)c(=O)c1CNC(=O)c1cc(Cl)c2c(c1Cl)O[C@@H]([C@H]1CC[C@@H](N3CC(OC)C3)CC1)CO2. The van der Waals surface area contributed by atoms with Crippen molar-refractivity contribution in [2.24, 2.45) is 13.0 Å². The number of benzene rings is 1. The maximum absolute atomic E-state index is 13.2. The van der Waals surface area contributed by atoms with E-state index in [4.69, 9.17) is 42.1 Å².